The molecule has 1 aromatic rings. The number of anilines is 1. The van der Waals surface area contributed by atoms with Gasteiger partial charge < -0.3 is 10.1 Å². The van der Waals surface area contributed by atoms with Gasteiger partial charge in [0.15, 0.2) is 0 Å². The lowest BCUT2D eigenvalue weighted by atomic mass is 10.2. The molecule has 0 saturated carbocycles. The Bertz CT molecular complexity index is 315. The van der Waals surface area contributed by atoms with Crippen LogP contribution in [0.4, 0.5) is 5.69 Å². The molecular weight excluding hydrogens is 200 g/mol. The predicted octanol–water partition coefficient (Wildman–Crippen LogP) is 2.91. The lowest BCUT2D eigenvalue weighted by Crippen LogP contribution is -2.43. The van der Waals surface area contributed by atoms with E-state index in [-0.39, 0.29) is 0 Å². The van der Waals surface area contributed by atoms with Gasteiger partial charge in [0, 0.05) is 12.6 Å². The molecule has 1 aromatic carbocycles. The molecule has 0 saturated heterocycles. The molecule has 0 bridgehead atoms. The highest BCUT2D eigenvalue weighted by Gasteiger charge is 2.10. The molecule has 0 heterocycles. The molecule has 2 N–H and O–H groups in total. The van der Waals surface area contributed by atoms with Gasteiger partial charge in [-0.3, -0.25) is 0 Å². The summed E-state index contributed by atoms with van der Waals surface area (Å²) in [5.74, 6) is 0.320. The number of nitrogens with one attached hydrogen (secondary N) is 1. The van der Waals surface area contributed by atoms with Gasteiger partial charge in [0.2, 0.25) is 0 Å². The van der Waals surface area contributed by atoms with Crippen molar-refractivity contribution in [2.24, 2.45) is 0 Å². The maximum atomic E-state index is 9.77. The van der Waals surface area contributed by atoms with Gasteiger partial charge in [0.05, 0.1) is 5.69 Å². The fraction of sp³-hybridized carbons (Fsp3) is 0.538. The molecule has 0 amide bonds. The Morgan fingerprint density at radius 1 is 1.31 bits per heavy atom. The van der Waals surface area contributed by atoms with E-state index in [1.165, 1.54) is 0 Å². The van der Waals surface area contributed by atoms with Crippen LogP contribution in [-0.2, 0) is 0 Å². The molecule has 1 atom stereocenters. The van der Waals surface area contributed by atoms with Crippen LogP contribution in [0.3, 0.4) is 0 Å². The minimum atomic E-state index is 0.320. The maximum absolute atomic E-state index is 9.77. The van der Waals surface area contributed by atoms with Crippen molar-refractivity contribution in [2.45, 2.75) is 39.7 Å². The third-order valence-corrected chi connectivity index (χ3v) is 2.59. The first kappa shape index (κ1) is 12.8. The number of nitrogens with zero attached hydrogens (tertiary/aromatic N) is 1. The molecule has 0 aliphatic rings. The topological polar surface area (TPSA) is 35.5 Å². The fourth-order valence-corrected chi connectivity index (χ4v) is 1.79. The van der Waals surface area contributed by atoms with Crippen LogP contribution in [0, 0.1) is 0 Å². The normalized spacial score (nSPS) is 12.4. The molecule has 0 aliphatic carbocycles. The standard InChI is InChI=1S/C13H22N2O/c1-4-8-11(3)14-15(5-2)12-9-6-7-10-13(12)16/h6-7,9-11,14,16H,4-5,8H2,1-3H3. The Labute approximate surface area is 98.1 Å². The van der Waals surface area contributed by atoms with Crippen molar-refractivity contribution >= 4 is 5.69 Å². The summed E-state index contributed by atoms with van der Waals surface area (Å²) in [7, 11) is 0. The van der Waals surface area contributed by atoms with Crippen molar-refractivity contribution in [2.75, 3.05) is 11.6 Å². The smallest absolute Gasteiger partial charge is 0.140 e. The van der Waals surface area contributed by atoms with Gasteiger partial charge in [-0.15, -0.1) is 0 Å². The largest absolute Gasteiger partial charge is 0.506 e. The Kier molecular flexibility index (Phi) is 5.12. The van der Waals surface area contributed by atoms with E-state index in [9.17, 15) is 5.11 Å². The Morgan fingerprint density at radius 3 is 2.56 bits per heavy atom. The van der Waals surface area contributed by atoms with Crippen LogP contribution >= 0.6 is 0 Å². The first-order chi connectivity index (χ1) is 7.69. The third kappa shape index (κ3) is 3.42. The summed E-state index contributed by atoms with van der Waals surface area (Å²) in [6.07, 6.45) is 2.29. The van der Waals surface area contributed by atoms with Crippen molar-refractivity contribution in [3.8, 4) is 5.75 Å². The van der Waals surface area contributed by atoms with Crippen LogP contribution in [0.5, 0.6) is 5.75 Å². The number of rotatable bonds is 6. The summed E-state index contributed by atoms with van der Waals surface area (Å²) in [4.78, 5) is 0. The molecule has 3 nitrogen and oxygen atoms in total. The monoisotopic (exact) mass is 222 g/mol. The van der Waals surface area contributed by atoms with Gasteiger partial charge in [-0.1, -0.05) is 25.5 Å². The zero-order valence-corrected chi connectivity index (χ0v) is 10.4. The number of para-hydroxylation sites is 2. The zero-order valence-electron chi connectivity index (χ0n) is 10.4. The van der Waals surface area contributed by atoms with Crippen LogP contribution in [0.15, 0.2) is 24.3 Å². The highest BCUT2D eigenvalue weighted by molar-refractivity contribution is 5.56. The van der Waals surface area contributed by atoms with Gasteiger partial charge in [0.25, 0.3) is 0 Å². The molecule has 0 radical (unpaired) electrons. The predicted molar refractivity (Wildman–Crippen MR) is 68.6 cm³/mol. The van der Waals surface area contributed by atoms with Gasteiger partial charge in [-0.05, 0) is 32.4 Å². The highest BCUT2D eigenvalue weighted by Crippen LogP contribution is 2.25. The lowest BCUT2D eigenvalue weighted by Gasteiger charge is -2.28. The molecule has 0 fully saturated rings. The van der Waals surface area contributed by atoms with E-state index in [1.807, 2.05) is 23.2 Å². The van der Waals surface area contributed by atoms with Crippen LogP contribution < -0.4 is 10.4 Å². The molecule has 1 unspecified atom stereocenters. The number of aromatic hydroxyl groups is 1. The molecule has 1 rings (SSSR count). The summed E-state index contributed by atoms with van der Waals surface area (Å²) < 4.78 is 0. The lowest BCUT2D eigenvalue weighted by molar-refractivity contribution is 0.455. The van der Waals surface area contributed by atoms with E-state index >= 15 is 0 Å². The Hall–Kier alpha value is -1.22. The van der Waals surface area contributed by atoms with Gasteiger partial charge in [-0.25, -0.2) is 5.43 Å². The van der Waals surface area contributed by atoms with E-state index in [2.05, 4.69) is 26.2 Å². The average Bonchev–Trinajstić information content (AvgIpc) is 2.27. The van der Waals surface area contributed by atoms with Crippen molar-refractivity contribution in [1.82, 2.24) is 5.43 Å². The summed E-state index contributed by atoms with van der Waals surface area (Å²) in [6.45, 7) is 7.23. The van der Waals surface area contributed by atoms with Crippen molar-refractivity contribution in [3.05, 3.63) is 24.3 Å². The second-order valence-electron chi connectivity index (χ2n) is 4.05. The number of hydrogen-bond donors (Lipinski definition) is 2. The van der Waals surface area contributed by atoms with Crippen LogP contribution in [-0.4, -0.2) is 17.7 Å². The second kappa shape index (κ2) is 6.38. The highest BCUT2D eigenvalue weighted by atomic mass is 16.3. The molecule has 0 spiro atoms. The molecule has 3 heteroatoms. The van der Waals surface area contributed by atoms with Gasteiger partial charge >= 0.3 is 0 Å². The Morgan fingerprint density at radius 2 is 2.00 bits per heavy atom. The van der Waals surface area contributed by atoms with Gasteiger partial charge in [-0.2, -0.15) is 0 Å². The third-order valence-electron chi connectivity index (χ3n) is 2.59. The molecule has 90 valence electrons. The second-order valence-corrected chi connectivity index (χ2v) is 4.05. The minimum absolute atomic E-state index is 0.320. The molecule has 0 aliphatic heterocycles. The van der Waals surface area contributed by atoms with Crippen LogP contribution in [0.25, 0.3) is 0 Å². The number of phenols is 1. The number of hydrogen-bond acceptors (Lipinski definition) is 3. The average molecular weight is 222 g/mol. The van der Waals surface area contributed by atoms with Crippen LogP contribution in [0.1, 0.15) is 33.6 Å². The van der Waals surface area contributed by atoms with E-state index in [0.717, 1.165) is 25.1 Å². The number of phenolic OH excluding ortho intramolecular Hbond substituents is 1. The molecule has 0 aromatic heterocycles. The van der Waals surface area contributed by atoms with E-state index in [0.29, 0.717) is 11.8 Å². The quantitative estimate of drug-likeness (QED) is 0.726. The fourth-order valence-electron chi connectivity index (χ4n) is 1.79. The van der Waals surface area contributed by atoms with Crippen molar-refractivity contribution in [1.29, 1.82) is 0 Å². The van der Waals surface area contributed by atoms with E-state index in [4.69, 9.17) is 0 Å². The minimum Gasteiger partial charge on any atom is -0.506 e. The first-order valence-corrected chi connectivity index (χ1v) is 6.00. The van der Waals surface area contributed by atoms with Crippen LogP contribution in [0.2, 0.25) is 0 Å². The van der Waals surface area contributed by atoms with Gasteiger partial charge in [0.1, 0.15) is 5.75 Å². The first-order valence-electron chi connectivity index (χ1n) is 6.00. The molecular formula is C13H22N2O. The summed E-state index contributed by atoms with van der Waals surface area (Å²) >= 11 is 0. The Balaban J connectivity index is 2.71. The van der Waals surface area contributed by atoms with E-state index in [1.54, 1.807) is 6.07 Å². The maximum Gasteiger partial charge on any atom is 0.140 e. The van der Waals surface area contributed by atoms with E-state index < -0.39 is 0 Å². The SMILES string of the molecule is CCCC(C)NN(CC)c1ccccc1O. The van der Waals surface area contributed by atoms with Crippen molar-refractivity contribution < 1.29 is 5.11 Å². The number of benzene rings is 1. The summed E-state index contributed by atoms with van der Waals surface area (Å²) in [5, 5.41) is 11.8. The summed E-state index contributed by atoms with van der Waals surface area (Å²) in [6, 6.07) is 7.82. The molecule has 16 heavy (non-hydrogen) atoms. The summed E-state index contributed by atoms with van der Waals surface area (Å²) in [5.41, 5.74) is 4.24. The zero-order chi connectivity index (χ0) is 12.0. The number of hydrazine groups is 1. The van der Waals surface area contributed by atoms with Crippen molar-refractivity contribution in [3.63, 3.8) is 0 Å².